The summed E-state index contributed by atoms with van der Waals surface area (Å²) in [7, 11) is 0. The van der Waals surface area contributed by atoms with Gasteiger partial charge in [0.1, 0.15) is 0 Å². The average molecular weight is 263 g/mol. The lowest BCUT2D eigenvalue weighted by Gasteiger charge is -2.23. The Balaban J connectivity index is 2.13. The van der Waals surface area contributed by atoms with E-state index in [9.17, 15) is 15.0 Å². The van der Waals surface area contributed by atoms with Gasteiger partial charge in [-0.25, -0.2) is 0 Å². The van der Waals surface area contributed by atoms with Gasteiger partial charge in [0.05, 0.1) is 0 Å². The molecule has 0 saturated carbocycles. The molecule has 104 valence electrons. The van der Waals surface area contributed by atoms with Crippen molar-refractivity contribution in [2.75, 3.05) is 13.1 Å². The number of phenolic OH excluding ortho intramolecular Hbond substituents is 2. The lowest BCUT2D eigenvalue weighted by Crippen LogP contribution is -2.32. The van der Waals surface area contributed by atoms with E-state index in [1.165, 1.54) is 12.1 Å². The van der Waals surface area contributed by atoms with E-state index >= 15 is 0 Å². The maximum Gasteiger partial charge on any atom is 0.253 e. The average Bonchev–Trinajstić information content (AvgIpc) is 2.53. The van der Waals surface area contributed by atoms with Crippen LogP contribution in [0.15, 0.2) is 18.2 Å². The van der Waals surface area contributed by atoms with E-state index in [4.69, 9.17) is 0 Å². The van der Waals surface area contributed by atoms with E-state index in [1.807, 2.05) is 4.90 Å². The molecule has 0 bridgehead atoms. The molecule has 1 aliphatic rings. The maximum absolute atomic E-state index is 12.4. The predicted octanol–water partition coefficient (Wildman–Crippen LogP) is 2.75. The molecule has 2 N–H and O–H groups in total. The molecule has 1 amide bonds. The summed E-state index contributed by atoms with van der Waals surface area (Å²) in [6, 6.07) is 4.23. The van der Waals surface area contributed by atoms with Crippen LogP contribution in [0.25, 0.3) is 0 Å². The highest BCUT2D eigenvalue weighted by atomic mass is 16.3. The molecule has 1 saturated heterocycles. The summed E-state index contributed by atoms with van der Waals surface area (Å²) in [5, 5.41) is 18.7. The molecule has 19 heavy (non-hydrogen) atoms. The molecule has 1 aliphatic heterocycles. The highest BCUT2D eigenvalue weighted by molar-refractivity contribution is 5.94. The lowest BCUT2D eigenvalue weighted by molar-refractivity contribution is 0.0757. The van der Waals surface area contributed by atoms with E-state index < -0.39 is 0 Å². The quantitative estimate of drug-likeness (QED) is 0.766. The lowest BCUT2D eigenvalue weighted by atomic mass is 9.85. The number of hydrogen-bond donors (Lipinski definition) is 2. The van der Waals surface area contributed by atoms with Gasteiger partial charge in [-0.3, -0.25) is 4.79 Å². The van der Waals surface area contributed by atoms with Gasteiger partial charge in [0.2, 0.25) is 0 Å². The number of benzene rings is 1. The highest BCUT2D eigenvalue weighted by Crippen LogP contribution is 2.31. The van der Waals surface area contributed by atoms with Crippen LogP contribution in [0.3, 0.4) is 0 Å². The Kier molecular flexibility index (Phi) is 3.69. The number of hydrogen-bond acceptors (Lipinski definition) is 3. The third-order valence-electron chi connectivity index (χ3n) is 3.85. The molecular weight excluding hydrogens is 242 g/mol. The minimum atomic E-state index is -0.249. The Labute approximate surface area is 113 Å². The van der Waals surface area contributed by atoms with Gasteiger partial charge in [0.25, 0.3) is 5.91 Å². The molecule has 1 aromatic rings. The van der Waals surface area contributed by atoms with Crippen molar-refractivity contribution >= 4 is 5.91 Å². The second-order valence-electron chi connectivity index (χ2n) is 6.01. The summed E-state index contributed by atoms with van der Waals surface area (Å²) >= 11 is 0. The minimum Gasteiger partial charge on any atom is -0.504 e. The van der Waals surface area contributed by atoms with Crippen molar-refractivity contribution in [3.8, 4) is 11.5 Å². The standard InChI is InChI=1S/C15H21NO3/c1-15(2)6-3-8-16(9-7-15)14(19)11-4-5-12(17)13(18)10-11/h4-5,10,17-18H,3,6-9H2,1-2H3. The SMILES string of the molecule is CC1(C)CCCN(C(=O)c2ccc(O)c(O)c2)CC1. The summed E-state index contributed by atoms with van der Waals surface area (Å²) in [5.41, 5.74) is 0.710. The molecule has 0 radical (unpaired) electrons. The van der Waals surface area contributed by atoms with Gasteiger partial charge in [-0.1, -0.05) is 13.8 Å². The van der Waals surface area contributed by atoms with Gasteiger partial charge < -0.3 is 15.1 Å². The molecule has 0 aliphatic carbocycles. The molecule has 2 rings (SSSR count). The molecular formula is C15H21NO3. The van der Waals surface area contributed by atoms with Gasteiger partial charge in [0, 0.05) is 18.7 Å². The van der Waals surface area contributed by atoms with E-state index in [-0.39, 0.29) is 22.8 Å². The zero-order valence-electron chi connectivity index (χ0n) is 11.5. The van der Waals surface area contributed by atoms with Gasteiger partial charge in [-0.15, -0.1) is 0 Å². The third kappa shape index (κ3) is 3.19. The van der Waals surface area contributed by atoms with Crippen molar-refractivity contribution in [3.05, 3.63) is 23.8 Å². The fraction of sp³-hybridized carbons (Fsp3) is 0.533. The molecule has 0 spiro atoms. The zero-order valence-corrected chi connectivity index (χ0v) is 11.5. The van der Waals surface area contributed by atoms with Crippen molar-refractivity contribution < 1.29 is 15.0 Å². The van der Waals surface area contributed by atoms with E-state index in [0.29, 0.717) is 5.56 Å². The van der Waals surface area contributed by atoms with Gasteiger partial charge >= 0.3 is 0 Å². The summed E-state index contributed by atoms with van der Waals surface area (Å²) < 4.78 is 0. The van der Waals surface area contributed by atoms with Crippen molar-refractivity contribution in [3.63, 3.8) is 0 Å². The van der Waals surface area contributed by atoms with Crippen LogP contribution in [0.2, 0.25) is 0 Å². The fourth-order valence-electron chi connectivity index (χ4n) is 2.47. The van der Waals surface area contributed by atoms with Crippen LogP contribution in [0, 0.1) is 5.41 Å². The second kappa shape index (κ2) is 5.11. The Morgan fingerprint density at radius 3 is 2.58 bits per heavy atom. The number of amides is 1. The van der Waals surface area contributed by atoms with Crippen LogP contribution in [-0.4, -0.2) is 34.1 Å². The molecule has 0 atom stereocenters. The third-order valence-corrected chi connectivity index (χ3v) is 3.85. The molecule has 4 heteroatoms. The molecule has 1 fully saturated rings. The monoisotopic (exact) mass is 263 g/mol. The number of carbonyl (C=O) groups is 1. The maximum atomic E-state index is 12.4. The summed E-state index contributed by atoms with van der Waals surface area (Å²) in [6.07, 6.45) is 3.11. The molecule has 1 heterocycles. The van der Waals surface area contributed by atoms with Gasteiger partial charge in [-0.2, -0.15) is 0 Å². The van der Waals surface area contributed by atoms with Crippen molar-refractivity contribution in [1.82, 2.24) is 4.90 Å². The minimum absolute atomic E-state index is 0.0759. The Morgan fingerprint density at radius 2 is 1.89 bits per heavy atom. The Bertz CT molecular complexity index is 482. The number of phenols is 2. The summed E-state index contributed by atoms with van der Waals surface area (Å²) in [4.78, 5) is 14.2. The van der Waals surface area contributed by atoms with Crippen LogP contribution in [0.4, 0.5) is 0 Å². The first-order valence-corrected chi connectivity index (χ1v) is 6.70. The van der Waals surface area contributed by atoms with E-state index in [1.54, 1.807) is 6.07 Å². The second-order valence-corrected chi connectivity index (χ2v) is 6.01. The predicted molar refractivity (Wildman–Crippen MR) is 73.3 cm³/mol. The van der Waals surface area contributed by atoms with Gasteiger partial charge in [-0.05, 0) is 42.9 Å². The van der Waals surface area contributed by atoms with Crippen LogP contribution in [0.5, 0.6) is 11.5 Å². The topological polar surface area (TPSA) is 60.8 Å². The number of aromatic hydroxyl groups is 2. The normalized spacial score (nSPS) is 18.9. The largest absolute Gasteiger partial charge is 0.504 e. The first-order chi connectivity index (χ1) is 8.89. The number of carbonyl (C=O) groups excluding carboxylic acids is 1. The summed E-state index contributed by atoms with van der Waals surface area (Å²) in [5.74, 6) is -0.525. The summed E-state index contributed by atoms with van der Waals surface area (Å²) in [6.45, 7) is 5.96. The number of nitrogens with zero attached hydrogens (tertiary/aromatic N) is 1. The van der Waals surface area contributed by atoms with Crippen molar-refractivity contribution in [1.29, 1.82) is 0 Å². The van der Waals surface area contributed by atoms with Crippen LogP contribution in [0.1, 0.15) is 43.5 Å². The Hall–Kier alpha value is -1.71. The smallest absolute Gasteiger partial charge is 0.253 e. The fourth-order valence-corrected chi connectivity index (χ4v) is 2.47. The first kappa shape index (κ1) is 13.7. The van der Waals surface area contributed by atoms with Crippen LogP contribution in [-0.2, 0) is 0 Å². The van der Waals surface area contributed by atoms with Crippen molar-refractivity contribution in [2.24, 2.45) is 5.41 Å². The van der Waals surface area contributed by atoms with E-state index in [2.05, 4.69) is 13.8 Å². The Morgan fingerprint density at radius 1 is 1.16 bits per heavy atom. The molecule has 0 aromatic heterocycles. The van der Waals surface area contributed by atoms with E-state index in [0.717, 1.165) is 32.4 Å². The zero-order chi connectivity index (χ0) is 14.0. The van der Waals surface area contributed by atoms with Crippen molar-refractivity contribution in [2.45, 2.75) is 33.1 Å². The highest BCUT2D eigenvalue weighted by Gasteiger charge is 2.26. The van der Waals surface area contributed by atoms with Crippen LogP contribution < -0.4 is 0 Å². The van der Waals surface area contributed by atoms with Gasteiger partial charge in [0.15, 0.2) is 11.5 Å². The first-order valence-electron chi connectivity index (χ1n) is 6.70. The number of rotatable bonds is 1. The molecule has 4 nitrogen and oxygen atoms in total. The number of likely N-dealkylation sites (tertiary alicyclic amines) is 1. The molecule has 1 aromatic carbocycles. The van der Waals surface area contributed by atoms with Crippen LogP contribution >= 0.6 is 0 Å². The molecule has 0 unspecified atom stereocenters.